The summed E-state index contributed by atoms with van der Waals surface area (Å²) in [6.07, 6.45) is 2.98. The topological polar surface area (TPSA) is 108 Å². The highest BCUT2D eigenvalue weighted by Gasteiger charge is 2.31. The van der Waals surface area contributed by atoms with Crippen LogP contribution in [0.15, 0.2) is 47.4 Å². The van der Waals surface area contributed by atoms with Crippen LogP contribution in [0.1, 0.15) is 12.8 Å². The predicted molar refractivity (Wildman–Crippen MR) is 106 cm³/mol. The van der Waals surface area contributed by atoms with Crippen LogP contribution >= 0.6 is 0 Å². The molecule has 156 valence electrons. The summed E-state index contributed by atoms with van der Waals surface area (Å²) >= 11 is 0. The lowest BCUT2D eigenvalue weighted by atomic mass is 10.1. The Morgan fingerprint density at radius 2 is 1.93 bits per heavy atom. The fourth-order valence-electron chi connectivity index (χ4n) is 2.83. The van der Waals surface area contributed by atoms with E-state index in [1.807, 2.05) is 19.0 Å². The van der Waals surface area contributed by atoms with E-state index < -0.39 is 28.3 Å². The number of rotatable bonds is 10. The summed E-state index contributed by atoms with van der Waals surface area (Å²) in [4.78, 5) is 14.2. The molecule has 9 heteroatoms. The molecule has 3 atom stereocenters. The first-order chi connectivity index (χ1) is 13.3. The van der Waals surface area contributed by atoms with Crippen LogP contribution in [0.5, 0.6) is 0 Å². The zero-order chi connectivity index (χ0) is 20.6. The van der Waals surface area contributed by atoms with Crippen molar-refractivity contribution in [3.05, 3.63) is 42.5 Å². The molecule has 8 nitrogen and oxygen atoms in total. The molecule has 0 saturated carbocycles. The summed E-state index contributed by atoms with van der Waals surface area (Å²) in [6, 6.07) is 7.28. The third-order valence-electron chi connectivity index (χ3n) is 4.30. The molecule has 1 aromatic carbocycles. The summed E-state index contributed by atoms with van der Waals surface area (Å²) in [6.45, 7) is 1.10. The molecule has 1 aliphatic rings. The van der Waals surface area contributed by atoms with Crippen molar-refractivity contribution >= 4 is 15.9 Å². The molecule has 28 heavy (non-hydrogen) atoms. The van der Waals surface area contributed by atoms with Gasteiger partial charge in [-0.3, -0.25) is 4.79 Å². The molecule has 2 rings (SSSR count). The minimum Gasteiger partial charge on any atom is -0.394 e. The minimum atomic E-state index is -3.74. The number of hydrogen-bond donors (Lipinski definition) is 3. The molecule has 0 spiro atoms. The number of hydrogen-bond acceptors (Lipinski definition) is 6. The number of benzene rings is 1. The second kappa shape index (κ2) is 10.7. The second-order valence-electron chi connectivity index (χ2n) is 6.95. The zero-order valence-electron chi connectivity index (χ0n) is 16.2. The number of aliphatic hydroxyl groups is 1. The molecule has 0 fully saturated rings. The molecule has 1 heterocycles. The van der Waals surface area contributed by atoms with Crippen molar-refractivity contribution in [1.29, 1.82) is 0 Å². The largest absolute Gasteiger partial charge is 0.394 e. The number of nitrogens with zero attached hydrogens (tertiary/aromatic N) is 1. The highest BCUT2D eigenvalue weighted by molar-refractivity contribution is 7.89. The first-order valence-electron chi connectivity index (χ1n) is 9.25. The van der Waals surface area contributed by atoms with Crippen molar-refractivity contribution in [1.82, 2.24) is 14.9 Å². The maximum atomic E-state index is 12.5. The van der Waals surface area contributed by atoms with E-state index in [2.05, 4.69) is 10.0 Å². The molecule has 1 aromatic rings. The van der Waals surface area contributed by atoms with Gasteiger partial charge in [-0.25, -0.2) is 13.1 Å². The Kier molecular flexibility index (Phi) is 8.58. The van der Waals surface area contributed by atoms with Crippen LogP contribution in [0.4, 0.5) is 0 Å². The van der Waals surface area contributed by atoms with Crippen molar-refractivity contribution in [3.8, 4) is 0 Å². The predicted octanol–water partition coefficient (Wildman–Crippen LogP) is 0.107. The van der Waals surface area contributed by atoms with Gasteiger partial charge >= 0.3 is 0 Å². The summed E-state index contributed by atoms with van der Waals surface area (Å²) in [5.74, 6) is -0.145. The van der Waals surface area contributed by atoms with E-state index >= 15 is 0 Å². The Morgan fingerprint density at radius 3 is 2.57 bits per heavy atom. The highest BCUT2D eigenvalue weighted by atomic mass is 32.2. The molecule has 0 radical (unpaired) electrons. The summed E-state index contributed by atoms with van der Waals surface area (Å²) < 4.78 is 33.2. The van der Waals surface area contributed by atoms with Crippen LogP contribution in [0.3, 0.4) is 0 Å². The van der Waals surface area contributed by atoms with Crippen molar-refractivity contribution in [2.45, 2.75) is 36.0 Å². The maximum absolute atomic E-state index is 12.5. The molecular formula is C19H29N3O5S. The van der Waals surface area contributed by atoms with Crippen LogP contribution in [0.2, 0.25) is 0 Å². The van der Waals surface area contributed by atoms with Gasteiger partial charge in [-0.1, -0.05) is 30.4 Å². The minimum absolute atomic E-state index is 0.118. The number of carbonyl (C=O) groups excluding carboxylic acids is 1. The van der Waals surface area contributed by atoms with Crippen LogP contribution < -0.4 is 10.0 Å². The standard InChI is InChI=1S/C19H29N3O5S/c1-22(2)12-6-11-20-19(24)13-15-9-10-17(18(14-23)27-15)21-28(25,26)16-7-4-3-5-8-16/h3-5,7-10,15,17-18,21,23H,6,11-14H2,1-2H3,(H,20,24)/t15-,17-,18-/m0/s1. The molecule has 0 bridgehead atoms. The van der Waals surface area contributed by atoms with E-state index in [0.717, 1.165) is 13.0 Å². The fourth-order valence-corrected chi connectivity index (χ4v) is 4.08. The van der Waals surface area contributed by atoms with E-state index in [1.54, 1.807) is 30.4 Å². The van der Waals surface area contributed by atoms with Gasteiger partial charge < -0.3 is 20.1 Å². The van der Waals surface area contributed by atoms with Crippen molar-refractivity contribution in [2.75, 3.05) is 33.8 Å². The summed E-state index contributed by atoms with van der Waals surface area (Å²) in [5, 5.41) is 12.4. The molecule has 1 aliphatic heterocycles. The molecule has 1 amide bonds. The molecule has 0 unspecified atom stereocenters. The van der Waals surface area contributed by atoms with Crippen molar-refractivity contribution in [2.24, 2.45) is 0 Å². The smallest absolute Gasteiger partial charge is 0.241 e. The summed E-state index contributed by atoms with van der Waals surface area (Å²) in [7, 11) is 0.203. The Labute approximate surface area is 166 Å². The lowest BCUT2D eigenvalue weighted by molar-refractivity contribution is -0.125. The van der Waals surface area contributed by atoms with Crippen LogP contribution in [-0.2, 0) is 19.6 Å². The number of ether oxygens (including phenoxy) is 1. The number of sulfonamides is 1. The van der Waals surface area contributed by atoms with Gasteiger partial charge in [-0.05, 0) is 39.2 Å². The number of nitrogens with one attached hydrogen (secondary N) is 2. The van der Waals surface area contributed by atoms with E-state index in [1.165, 1.54) is 12.1 Å². The Hall–Kier alpha value is -1.78. The van der Waals surface area contributed by atoms with Gasteiger partial charge in [0.05, 0.1) is 30.1 Å². The third-order valence-corrected chi connectivity index (χ3v) is 5.77. The zero-order valence-corrected chi connectivity index (χ0v) is 17.1. The summed E-state index contributed by atoms with van der Waals surface area (Å²) in [5.41, 5.74) is 0. The van der Waals surface area contributed by atoms with E-state index in [4.69, 9.17) is 4.74 Å². The van der Waals surface area contributed by atoms with Crippen molar-refractivity contribution < 1.29 is 23.1 Å². The normalized spacial score (nSPS) is 22.4. The Morgan fingerprint density at radius 1 is 1.21 bits per heavy atom. The molecule has 0 aliphatic carbocycles. The highest BCUT2D eigenvalue weighted by Crippen LogP contribution is 2.18. The van der Waals surface area contributed by atoms with Gasteiger partial charge in [-0.2, -0.15) is 0 Å². The van der Waals surface area contributed by atoms with Crippen LogP contribution in [0, 0.1) is 0 Å². The average Bonchev–Trinajstić information content (AvgIpc) is 2.67. The number of amides is 1. The average molecular weight is 412 g/mol. The van der Waals surface area contributed by atoms with Gasteiger partial charge in [0.25, 0.3) is 0 Å². The van der Waals surface area contributed by atoms with Crippen LogP contribution in [0.25, 0.3) is 0 Å². The lowest BCUT2D eigenvalue weighted by Gasteiger charge is -2.31. The fraction of sp³-hybridized carbons (Fsp3) is 0.526. The van der Waals surface area contributed by atoms with Gasteiger partial charge in [0.1, 0.15) is 6.10 Å². The quantitative estimate of drug-likeness (QED) is 0.373. The molecular weight excluding hydrogens is 382 g/mol. The lowest BCUT2D eigenvalue weighted by Crippen LogP contribution is -2.49. The molecule has 0 saturated heterocycles. The number of carbonyl (C=O) groups is 1. The molecule has 3 N–H and O–H groups in total. The first kappa shape index (κ1) is 22.5. The van der Waals surface area contributed by atoms with Gasteiger partial charge in [-0.15, -0.1) is 0 Å². The third kappa shape index (κ3) is 6.99. The van der Waals surface area contributed by atoms with E-state index in [9.17, 15) is 18.3 Å². The van der Waals surface area contributed by atoms with Gasteiger partial charge in [0, 0.05) is 6.54 Å². The van der Waals surface area contributed by atoms with E-state index in [-0.39, 0.29) is 23.8 Å². The second-order valence-corrected chi connectivity index (χ2v) is 8.67. The van der Waals surface area contributed by atoms with E-state index in [0.29, 0.717) is 6.54 Å². The molecule has 0 aromatic heterocycles. The van der Waals surface area contributed by atoms with Crippen LogP contribution in [-0.4, -0.2) is 76.4 Å². The number of aliphatic hydroxyl groups excluding tert-OH is 1. The monoisotopic (exact) mass is 411 g/mol. The first-order valence-corrected chi connectivity index (χ1v) is 10.7. The van der Waals surface area contributed by atoms with Crippen molar-refractivity contribution in [3.63, 3.8) is 0 Å². The van der Waals surface area contributed by atoms with Gasteiger partial charge in [0.15, 0.2) is 0 Å². The SMILES string of the molecule is CN(C)CCCNC(=O)C[C@@H]1C=C[C@H](NS(=O)(=O)c2ccccc2)[C@H](CO)O1. The maximum Gasteiger partial charge on any atom is 0.241 e. The Balaban J connectivity index is 1.90. The Bertz CT molecular complexity index is 752. The van der Waals surface area contributed by atoms with Gasteiger partial charge in [0.2, 0.25) is 15.9 Å².